The Hall–Kier alpha value is -4.23. The molecule has 3 aromatic carbocycles. The summed E-state index contributed by atoms with van der Waals surface area (Å²) in [6, 6.07) is 24.6. The van der Waals surface area contributed by atoms with E-state index in [1.807, 2.05) is 60.0 Å². The number of rotatable bonds is 10. The van der Waals surface area contributed by atoms with Crippen LogP contribution in [0.3, 0.4) is 0 Å². The Morgan fingerprint density at radius 1 is 0.917 bits per heavy atom. The number of ether oxygens (including phenoxy) is 2. The predicted molar refractivity (Wildman–Crippen MR) is 187 cm³/mol. The molecular weight excluding hydrogens is 647 g/mol. The molecule has 0 bridgehead atoms. The zero-order valence-corrected chi connectivity index (χ0v) is 28.0. The van der Waals surface area contributed by atoms with Crippen molar-refractivity contribution in [1.82, 2.24) is 20.1 Å². The van der Waals surface area contributed by atoms with Gasteiger partial charge in [0.15, 0.2) is 5.13 Å². The van der Waals surface area contributed by atoms with Crippen LogP contribution in [-0.4, -0.2) is 76.8 Å². The summed E-state index contributed by atoms with van der Waals surface area (Å²) in [7, 11) is 0. The summed E-state index contributed by atoms with van der Waals surface area (Å²) in [6.07, 6.45) is 1.52. The lowest BCUT2D eigenvalue weighted by Crippen LogP contribution is -2.45. The summed E-state index contributed by atoms with van der Waals surface area (Å²) < 4.78 is 11.2. The Labute approximate surface area is 287 Å². The zero-order chi connectivity index (χ0) is 32.9. The van der Waals surface area contributed by atoms with E-state index in [0.717, 1.165) is 62.4 Å². The largest absolute Gasteiger partial charge is 0.444 e. The number of benzene rings is 3. The summed E-state index contributed by atoms with van der Waals surface area (Å²) in [5, 5.41) is 7.85. The molecule has 1 aliphatic carbocycles. The van der Waals surface area contributed by atoms with Crippen molar-refractivity contribution in [3.63, 3.8) is 0 Å². The maximum absolute atomic E-state index is 13.7. The molecule has 2 aliphatic heterocycles. The number of carbonyl (C=O) groups is 3. The number of aromatic nitrogens is 1. The molecule has 1 aromatic heterocycles. The molecule has 3 heterocycles. The van der Waals surface area contributed by atoms with E-state index in [1.54, 1.807) is 28.8 Å². The second-order valence-corrected chi connectivity index (χ2v) is 14.1. The molecule has 2 unspecified atom stereocenters. The van der Waals surface area contributed by atoms with Crippen molar-refractivity contribution in [3.05, 3.63) is 106 Å². The van der Waals surface area contributed by atoms with Crippen molar-refractivity contribution in [2.45, 2.75) is 43.5 Å². The molecule has 3 fully saturated rings. The number of thioether (sulfide) groups is 1. The first kappa shape index (κ1) is 32.3. The summed E-state index contributed by atoms with van der Waals surface area (Å²) in [5.41, 5.74) is 5.13. The molecule has 12 heteroatoms. The average molecular weight is 684 g/mol. The summed E-state index contributed by atoms with van der Waals surface area (Å²) in [6.45, 7) is 4.25. The van der Waals surface area contributed by atoms with E-state index >= 15 is 0 Å². The quantitative estimate of drug-likeness (QED) is 0.212. The van der Waals surface area contributed by atoms with Crippen LogP contribution in [0, 0.1) is 0 Å². The molecule has 48 heavy (non-hydrogen) atoms. The Morgan fingerprint density at radius 3 is 2.40 bits per heavy atom. The van der Waals surface area contributed by atoms with Crippen LogP contribution in [0.5, 0.6) is 0 Å². The Balaban J connectivity index is 1.04. The van der Waals surface area contributed by atoms with Crippen LogP contribution in [0.1, 0.15) is 45.3 Å². The second-order valence-electron chi connectivity index (χ2n) is 12.1. The van der Waals surface area contributed by atoms with E-state index in [9.17, 15) is 14.4 Å². The number of anilines is 1. The monoisotopic (exact) mass is 683 g/mol. The molecule has 1 saturated carbocycles. The van der Waals surface area contributed by atoms with Gasteiger partial charge >= 0.3 is 6.09 Å². The Bertz CT molecular complexity index is 1720. The van der Waals surface area contributed by atoms with Crippen molar-refractivity contribution in [1.29, 1.82) is 0 Å². The van der Waals surface area contributed by atoms with E-state index in [0.29, 0.717) is 28.2 Å². The first-order valence-corrected chi connectivity index (χ1v) is 18.1. The van der Waals surface area contributed by atoms with E-state index < -0.39 is 12.1 Å². The lowest BCUT2D eigenvalue weighted by Gasteiger charge is -2.28. The molecule has 2 saturated heterocycles. The predicted octanol–water partition coefficient (Wildman–Crippen LogP) is 5.93. The molecule has 0 spiro atoms. The van der Waals surface area contributed by atoms with Gasteiger partial charge in [0.25, 0.3) is 5.91 Å². The van der Waals surface area contributed by atoms with E-state index in [1.165, 1.54) is 16.9 Å². The highest BCUT2D eigenvalue weighted by molar-refractivity contribution is 7.99. The van der Waals surface area contributed by atoms with Crippen molar-refractivity contribution in [2.75, 3.05) is 37.4 Å². The minimum atomic E-state index is -0.757. The lowest BCUT2D eigenvalue weighted by molar-refractivity contribution is -0.120. The fourth-order valence-corrected chi connectivity index (χ4v) is 7.87. The SMILES string of the molecule is O=C(NC1CC1)c1ccc(-c2csc(NC(=O)C3CSC(c4ccc(CN5CCOCC5)cc4)N3C(=O)OCc3ccccc3)n2)cc1. The molecule has 2 atom stereocenters. The van der Waals surface area contributed by atoms with Crippen LogP contribution in [-0.2, 0) is 27.4 Å². The van der Waals surface area contributed by atoms with Crippen LogP contribution in [0.25, 0.3) is 11.3 Å². The molecule has 2 N–H and O–H groups in total. The summed E-state index contributed by atoms with van der Waals surface area (Å²) in [5.74, 6) is 0.0205. The molecule has 3 aliphatic rings. The molecule has 4 aromatic rings. The number of carbonyl (C=O) groups excluding carboxylic acids is 3. The third-order valence-electron chi connectivity index (χ3n) is 8.58. The summed E-state index contributed by atoms with van der Waals surface area (Å²) >= 11 is 2.86. The smallest absolute Gasteiger partial charge is 0.412 e. The number of nitrogens with zero attached hydrogens (tertiary/aromatic N) is 3. The average Bonchev–Trinajstić information content (AvgIpc) is 3.62. The first-order valence-electron chi connectivity index (χ1n) is 16.2. The molecule has 3 amide bonds. The minimum absolute atomic E-state index is 0.0706. The van der Waals surface area contributed by atoms with E-state index in [4.69, 9.17) is 9.47 Å². The molecule has 7 rings (SSSR count). The van der Waals surface area contributed by atoms with Crippen LogP contribution in [0.2, 0.25) is 0 Å². The molecular formula is C36H37N5O5S2. The fraction of sp³-hybridized carbons (Fsp3) is 0.333. The maximum atomic E-state index is 13.7. The van der Waals surface area contributed by atoms with Gasteiger partial charge in [-0.3, -0.25) is 19.4 Å². The van der Waals surface area contributed by atoms with Crippen LogP contribution < -0.4 is 10.6 Å². The molecule has 248 valence electrons. The first-order chi connectivity index (χ1) is 23.5. The highest BCUT2D eigenvalue weighted by Gasteiger charge is 2.43. The maximum Gasteiger partial charge on any atom is 0.412 e. The number of hydrogen-bond donors (Lipinski definition) is 2. The van der Waals surface area contributed by atoms with E-state index in [2.05, 4.69) is 32.7 Å². The highest BCUT2D eigenvalue weighted by atomic mass is 32.2. The van der Waals surface area contributed by atoms with Crippen molar-refractivity contribution < 1.29 is 23.9 Å². The van der Waals surface area contributed by atoms with Crippen LogP contribution >= 0.6 is 23.1 Å². The Morgan fingerprint density at radius 2 is 1.67 bits per heavy atom. The lowest BCUT2D eigenvalue weighted by atomic mass is 10.1. The molecule has 10 nitrogen and oxygen atoms in total. The number of thiazole rings is 1. The van der Waals surface area contributed by atoms with E-state index in [-0.39, 0.29) is 23.8 Å². The second kappa shape index (κ2) is 14.9. The van der Waals surface area contributed by atoms with Gasteiger partial charge in [0, 0.05) is 47.9 Å². The third-order valence-corrected chi connectivity index (χ3v) is 10.7. The van der Waals surface area contributed by atoms with Crippen LogP contribution in [0.15, 0.2) is 84.2 Å². The van der Waals surface area contributed by atoms with Crippen molar-refractivity contribution in [3.8, 4) is 11.3 Å². The van der Waals surface area contributed by atoms with Crippen molar-refractivity contribution >= 4 is 46.1 Å². The number of hydrogen-bond acceptors (Lipinski definition) is 9. The van der Waals surface area contributed by atoms with Gasteiger partial charge in [-0.25, -0.2) is 9.78 Å². The van der Waals surface area contributed by atoms with Crippen LogP contribution in [0.4, 0.5) is 9.93 Å². The number of nitrogens with one attached hydrogen (secondary N) is 2. The normalized spacial score (nSPS) is 19.5. The topological polar surface area (TPSA) is 113 Å². The van der Waals surface area contributed by atoms with Gasteiger partial charge < -0.3 is 20.1 Å². The Kier molecular flexibility index (Phi) is 10.0. The fourth-order valence-electron chi connectivity index (χ4n) is 5.73. The number of amides is 3. The van der Waals surface area contributed by atoms with Gasteiger partial charge in [-0.15, -0.1) is 23.1 Å². The standard InChI is InChI=1S/C36H37N5O5S2/c42-32(37-29-14-15-29)27-12-10-26(11-13-27)30-22-48-35(38-30)39-33(43)31-23-47-34(41(31)36(44)46-21-25-4-2-1-3-5-25)28-8-6-24(7-9-28)20-40-16-18-45-19-17-40/h1-13,22,29,31,34H,14-21,23H2,(H,37,42)(H,38,39,43). The zero-order valence-electron chi connectivity index (χ0n) is 26.4. The van der Waals surface area contributed by atoms with Gasteiger partial charge in [0.05, 0.1) is 18.9 Å². The van der Waals surface area contributed by atoms with Gasteiger partial charge in [0.2, 0.25) is 5.91 Å². The van der Waals surface area contributed by atoms with Crippen molar-refractivity contribution in [2.24, 2.45) is 0 Å². The minimum Gasteiger partial charge on any atom is -0.444 e. The third kappa shape index (κ3) is 7.90. The van der Waals surface area contributed by atoms with Gasteiger partial charge in [-0.1, -0.05) is 66.7 Å². The van der Waals surface area contributed by atoms with Gasteiger partial charge in [0.1, 0.15) is 18.0 Å². The van der Waals surface area contributed by atoms with Gasteiger partial charge in [-0.05, 0) is 41.7 Å². The highest BCUT2D eigenvalue weighted by Crippen LogP contribution is 2.42. The molecule has 0 radical (unpaired) electrons. The van der Waals surface area contributed by atoms with Gasteiger partial charge in [-0.2, -0.15) is 0 Å². The number of morpholine rings is 1. The summed E-state index contributed by atoms with van der Waals surface area (Å²) in [4.78, 5) is 48.4.